The average molecular weight is 240 g/mol. The lowest BCUT2D eigenvalue weighted by molar-refractivity contribution is 0.144. The highest BCUT2D eigenvalue weighted by atomic mass is 16.3. The molecule has 0 spiro atoms. The molecule has 0 unspecified atom stereocenters. The number of amides is 2. The topological polar surface area (TPSA) is 52.6 Å². The molecule has 0 aromatic heterocycles. The molecular formula is C13H24N2O2. The van der Waals surface area contributed by atoms with Gasteiger partial charge in [-0.25, -0.2) is 4.79 Å². The molecule has 0 saturated carbocycles. The highest BCUT2D eigenvalue weighted by Gasteiger charge is 2.33. The van der Waals surface area contributed by atoms with Crippen LogP contribution in [0.5, 0.6) is 0 Å². The minimum absolute atomic E-state index is 0.0109. The zero-order chi connectivity index (χ0) is 12.7. The van der Waals surface area contributed by atoms with E-state index in [1.807, 2.05) is 6.08 Å². The Morgan fingerprint density at radius 2 is 2.35 bits per heavy atom. The van der Waals surface area contributed by atoms with Crippen LogP contribution in [0.3, 0.4) is 0 Å². The molecule has 0 bridgehead atoms. The number of unbranched alkanes of at least 4 members (excludes halogenated alkanes) is 2. The van der Waals surface area contributed by atoms with Gasteiger partial charge in [0.15, 0.2) is 0 Å². The van der Waals surface area contributed by atoms with Gasteiger partial charge in [-0.2, -0.15) is 0 Å². The first-order chi connectivity index (χ1) is 8.20. The SMILES string of the molecule is C=CCCCCNC(=O)N1CC[C@H](C)[C@@H]1CO. The third kappa shape index (κ3) is 4.04. The predicted molar refractivity (Wildman–Crippen MR) is 68.8 cm³/mol. The van der Waals surface area contributed by atoms with Crippen LogP contribution >= 0.6 is 0 Å². The summed E-state index contributed by atoms with van der Waals surface area (Å²) in [6.07, 6.45) is 5.91. The van der Waals surface area contributed by atoms with Gasteiger partial charge in [-0.1, -0.05) is 13.0 Å². The van der Waals surface area contributed by atoms with Crippen LogP contribution < -0.4 is 5.32 Å². The molecule has 0 aliphatic carbocycles. The molecule has 1 heterocycles. The monoisotopic (exact) mass is 240 g/mol. The van der Waals surface area contributed by atoms with Crippen LogP contribution in [0.2, 0.25) is 0 Å². The van der Waals surface area contributed by atoms with E-state index >= 15 is 0 Å². The normalized spacial score (nSPS) is 23.8. The molecule has 2 atom stereocenters. The number of likely N-dealkylation sites (tertiary alicyclic amines) is 1. The third-order valence-electron chi connectivity index (χ3n) is 3.44. The van der Waals surface area contributed by atoms with E-state index in [0.717, 1.165) is 32.2 Å². The van der Waals surface area contributed by atoms with E-state index in [-0.39, 0.29) is 18.7 Å². The molecule has 1 aliphatic rings. The van der Waals surface area contributed by atoms with E-state index in [4.69, 9.17) is 0 Å². The smallest absolute Gasteiger partial charge is 0.317 e. The molecule has 1 rings (SSSR count). The number of carbonyl (C=O) groups excluding carboxylic acids is 1. The second-order valence-corrected chi connectivity index (χ2v) is 4.73. The van der Waals surface area contributed by atoms with Crippen LogP contribution in [-0.2, 0) is 0 Å². The maximum Gasteiger partial charge on any atom is 0.317 e. The van der Waals surface area contributed by atoms with Gasteiger partial charge >= 0.3 is 6.03 Å². The summed E-state index contributed by atoms with van der Waals surface area (Å²) in [6.45, 7) is 7.26. The van der Waals surface area contributed by atoms with E-state index in [1.54, 1.807) is 4.90 Å². The van der Waals surface area contributed by atoms with Crippen molar-refractivity contribution in [1.29, 1.82) is 0 Å². The molecule has 2 N–H and O–H groups in total. The molecule has 1 fully saturated rings. The molecule has 0 aromatic carbocycles. The summed E-state index contributed by atoms with van der Waals surface area (Å²) in [5, 5.41) is 12.2. The van der Waals surface area contributed by atoms with Crippen molar-refractivity contribution in [2.45, 2.75) is 38.6 Å². The molecule has 98 valence electrons. The number of aliphatic hydroxyl groups is 1. The summed E-state index contributed by atoms with van der Waals surface area (Å²) in [5.41, 5.74) is 0. The minimum atomic E-state index is -0.0352. The first-order valence-corrected chi connectivity index (χ1v) is 6.47. The van der Waals surface area contributed by atoms with Crippen molar-refractivity contribution < 1.29 is 9.90 Å². The van der Waals surface area contributed by atoms with E-state index in [0.29, 0.717) is 12.5 Å². The van der Waals surface area contributed by atoms with E-state index in [1.165, 1.54) is 0 Å². The number of aliphatic hydroxyl groups excluding tert-OH is 1. The van der Waals surface area contributed by atoms with Gasteiger partial charge in [-0.05, 0) is 31.6 Å². The Labute approximate surface area is 104 Å². The first kappa shape index (κ1) is 14.0. The van der Waals surface area contributed by atoms with Crippen LogP contribution in [0.4, 0.5) is 4.79 Å². The van der Waals surface area contributed by atoms with Gasteiger partial charge in [0.05, 0.1) is 12.6 Å². The number of hydrogen-bond acceptors (Lipinski definition) is 2. The fourth-order valence-electron chi connectivity index (χ4n) is 2.25. The lowest BCUT2D eigenvalue weighted by Crippen LogP contribution is -2.45. The maximum atomic E-state index is 11.9. The molecular weight excluding hydrogens is 216 g/mol. The zero-order valence-electron chi connectivity index (χ0n) is 10.7. The number of rotatable bonds is 6. The van der Waals surface area contributed by atoms with Crippen molar-refractivity contribution in [1.82, 2.24) is 10.2 Å². The fraction of sp³-hybridized carbons (Fsp3) is 0.769. The molecule has 4 nitrogen and oxygen atoms in total. The Bertz CT molecular complexity index is 256. The molecule has 2 amide bonds. The summed E-state index contributed by atoms with van der Waals surface area (Å²) in [5.74, 6) is 0.395. The van der Waals surface area contributed by atoms with E-state index in [9.17, 15) is 9.90 Å². The van der Waals surface area contributed by atoms with Gasteiger partial charge in [0.2, 0.25) is 0 Å². The first-order valence-electron chi connectivity index (χ1n) is 6.47. The number of nitrogens with one attached hydrogen (secondary N) is 1. The molecule has 4 heteroatoms. The second-order valence-electron chi connectivity index (χ2n) is 4.73. The van der Waals surface area contributed by atoms with E-state index < -0.39 is 0 Å². The molecule has 1 aliphatic heterocycles. The second kappa shape index (κ2) is 7.33. The summed E-state index contributed by atoms with van der Waals surface area (Å²) in [7, 11) is 0. The fourth-order valence-corrected chi connectivity index (χ4v) is 2.25. The molecule has 1 saturated heterocycles. The quantitative estimate of drug-likeness (QED) is 0.549. The average Bonchev–Trinajstić information content (AvgIpc) is 2.70. The van der Waals surface area contributed by atoms with Crippen molar-refractivity contribution in [3.63, 3.8) is 0 Å². The van der Waals surface area contributed by atoms with Crippen molar-refractivity contribution >= 4 is 6.03 Å². The third-order valence-corrected chi connectivity index (χ3v) is 3.44. The van der Waals surface area contributed by atoms with Gasteiger partial charge in [0.1, 0.15) is 0 Å². The van der Waals surface area contributed by atoms with Crippen LogP contribution in [-0.4, -0.2) is 41.8 Å². The molecule has 0 radical (unpaired) electrons. The van der Waals surface area contributed by atoms with Crippen LogP contribution in [0.15, 0.2) is 12.7 Å². The van der Waals surface area contributed by atoms with Gasteiger partial charge in [0, 0.05) is 13.1 Å². The summed E-state index contributed by atoms with van der Waals surface area (Å²) < 4.78 is 0. The summed E-state index contributed by atoms with van der Waals surface area (Å²) >= 11 is 0. The van der Waals surface area contributed by atoms with E-state index in [2.05, 4.69) is 18.8 Å². The summed E-state index contributed by atoms with van der Waals surface area (Å²) in [6, 6.07) is -0.0461. The van der Waals surface area contributed by atoms with Crippen molar-refractivity contribution in [2.75, 3.05) is 19.7 Å². The predicted octanol–water partition coefficient (Wildman–Crippen LogP) is 1.76. The Morgan fingerprint density at radius 1 is 1.59 bits per heavy atom. The van der Waals surface area contributed by atoms with Gasteiger partial charge in [-0.15, -0.1) is 6.58 Å². The summed E-state index contributed by atoms with van der Waals surface area (Å²) in [4.78, 5) is 13.6. The Morgan fingerprint density at radius 3 is 3.00 bits per heavy atom. The number of carbonyl (C=O) groups is 1. The largest absolute Gasteiger partial charge is 0.394 e. The lowest BCUT2D eigenvalue weighted by Gasteiger charge is -2.25. The number of nitrogens with zero attached hydrogens (tertiary/aromatic N) is 1. The van der Waals surface area contributed by atoms with Crippen LogP contribution in [0, 0.1) is 5.92 Å². The number of urea groups is 1. The molecule has 0 aromatic rings. The Kier molecular flexibility index (Phi) is 6.05. The van der Waals surface area contributed by atoms with Gasteiger partial charge < -0.3 is 15.3 Å². The highest BCUT2D eigenvalue weighted by molar-refractivity contribution is 5.74. The zero-order valence-corrected chi connectivity index (χ0v) is 10.7. The van der Waals surface area contributed by atoms with Crippen molar-refractivity contribution in [2.24, 2.45) is 5.92 Å². The Balaban J connectivity index is 2.25. The number of allylic oxidation sites excluding steroid dienone is 1. The highest BCUT2D eigenvalue weighted by Crippen LogP contribution is 2.23. The standard InChI is InChI=1S/C13H24N2O2/c1-3-4-5-6-8-14-13(17)15-9-7-11(2)12(15)10-16/h3,11-12,16H,1,4-10H2,2H3,(H,14,17)/t11-,12-/m0/s1. The maximum absolute atomic E-state index is 11.9. The lowest BCUT2D eigenvalue weighted by atomic mass is 10.0. The van der Waals surface area contributed by atoms with Crippen molar-refractivity contribution in [3.8, 4) is 0 Å². The van der Waals surface area contributed by atoms with Crippen LogP contribution in [0.1, 0.15) is 32.6 Å². The van der Waals surface area contributed by atoms with Crippen LogP contribution in [0.25, 0.3) is 0 Å². The molecule has 17 heavy (non-hydrogen) atoms. The van der Waals surface area contributed by atoms with Gasteiger partial charge in [0.25, 0.3) is 0 Å². The minimum Gasteiger partial charge on any atom is -0.394 e. The number of hydrogen-bond donors (Lipinski definition) is 2. The Hall–Kier alpha value is -1.03. The van der Waals surface area contributed by atoms with Crippen molar-refractivity contribution in [3.05, 3.63) is 12.7 Å². The van der Waals surface area contributed by atoms with Gasteiger partial charge in [-0.3, -0.25) is 0 Å².